The number of esters is 1. The lowest BCUT2D eigenvalue weighted by atomic mass is 10.1. The summed E-state index contributed by atoms with van der Waals surface area (Å²) in [5, 5.41) is 11.2. The van der Waals surface area contributed by atoms with Crippen LogP contribution in [0, 0.1) is 0 Å². The van der Waals surface area contributed by atoms with E-state index >= 15 is 0 Å². The standard InChI is InChI=1S/C24H25ClN4O3S/c1-5-31-23(30)21-19(18-8-6-7-9-20(18)32-21)14-33-24-27-26-22(15(2)28(3)4)29(24)17-12-10-16(25)11-13-17/h6-13,15H,5,14H2,1-4H3/t15-/m0/s1. The van der Waals surface area contributed by atoms with Crippen molar-refractivity contribution in [3.05, 3.63) is 70.7 Å². The zero-order chi connectivity index (χ0) is 23.5. The van der Waals surface area contributed by atoms with E-state index < -0.39 is 5.97 Å². The van der Waals surface area contributed by atoms with Crippen LogP contribution >= 0.6 is 23.4 Å². The molecule has 0 fully saturated rings. The van der Waals surface area contributed by atoms with Crippen molar-refractivity contribution in [3.63, 3.8) is 0 Å². The highest BCUT2D eigenvalue weighted by atomic mass is 35.5. The molecule has 2 heterocycles. The maximum absolute atomic E-state index is 12.6. The monoisotopic (exact) mass is 484 g/mol. The van der Waals surface area contributed by atoms with Crippen LogP contribution in [0.1, 0.15) is 41.8 Å². The van der Waals surface area contributed by atoms with Crippen LogP contribution in [0.15, 0.2) is 58.1 Å². The molecule has 9 heteroatoms. The number of furan rings is 1. The molecular formula is C24H25ClN4O3S. The SMILES string of the molecule is CCOC(=O)c1oc2ccccc2c1CSc1nnc([C@H](C)N(C)C)n1-c1ccc(Cl)cc1. The van der Waals surface area contributed by atoms with Gasteiger partial charge in [-0.05, 0) is 58.3 Å². The van der Waals surface area contributed by atoms with Gasteiger partial charge in [0.15, 0.2) is 11.0 Å². The Labute approximate surface area is 201 Å². The van der Waals surface area contributed by atoms with Gasteiger partial charge < -0.3 is 9.15 Å². The number of hydrogen-bond donors (Lipinski definition) is 0. The Balaban J connectivity index is 1.74. The van der Waals surface area contributed by atoms with Gasteiger partial charge in [-0.3, -0.25) is 9.47 Å². The number of halogens is 1. The molecule has 33 heavy (non-hydrogen) atoms. The first-order chi connectivity index (χ1) is 15.9. The Morgan fingerprint density at radius 1 is 1.18 bits per heavy atom. The van der Waals surface area contributed by atoms with E-state index in [-0.39, 0.29) is 18.4 Å². The molecule has 0 unspecified atom stereocenters. The first kappa shape index (κ1) is 23.4. The lowest BCUT2D eigenvalue weighted by molar-refractivity contribution is 0.0491. The number of aromatic nitrogens is 3. The summed E-state index contributed by atoms with van der Waals surface area (Å²) in [4.78, 5) is 14.6. The fourth-order valence-corrected chi connectivity index (χ4v) is 4.56. The fourth-order valence-electron chi connectivity index (χ4n) is 3.45. The largest absolute Gasteiger partial charge is 0.460 e. The Hall–Kier alpha value is -2.81. The Bertz CT molecular complexity index is 1270. The van der Waals surface area contributed by atoms with Gasteiger partial charge in [0.05, 0.1) is 12.6 Å². The van der Waals surface area contributed by atoms with Crippen LogP contribution in [0.3, 0.4) is 0 Å². The predicted octanol–water partition coefficient (Wildman–Crippen LogP) is 5.76. The summed E-state index contributed by atoms with van der Waals surface area (Å²) < 4.78 is 13.1. The molecule has 0 radical (unpaired) electrons. The minimum Gasteiger partial charge on any atom is -0.460 e. The van der Waals surface area contributed by atoms with Crippen LogP contribution in [-0.2, 0) is 10.5 Å². The van der Waals surface area contributed by atoms with Crippen molar-refractivity contribution < 1.29 is 13.9 Å². The molecule has 0 bridgehead atoms. The highest BCUT2D eigenvalue weighted by Gasteiger charge is 2.25. The molecule has 0 saturated heterocycles. The first-order valence-electron chi connectivity index (χ1n) is 10.6. The number of carbonyl (C=O) groups is 1. The van der Waals surface area contributed by atoms with E-state index in [1.54, 1.807) is 6.92 Å². The highest BCUT2D eigenvalue weighted by Crippen LogP contribution is 2.34. The minimum atomic E-state index is -0.467. The number of para-hydroxylation sites is 1. The number of rotatable bonds is 8. The molecule has 4 rings (SSSR count). The molecule has 0 aliphatic rings. The molecule has 0 saturated carbocycles. The summed E-state index contributed by atoms with van der Waals surface area (Å²) in [7, 11) is 4.00. The first-order valence-corrected chi connectivity index (χ1v) is 11.9. The summed E-state index contributed by atoms with van der Waals surface area (Å²) in [6.07, 6.45) is 0. The number of hydrogen-bond acceptors (Lipinski definition) is 7. The molecule has 1 atom stereocenters. The van der Waals surface area contributed by atoms with Crippen LogP contribution in [0.25, 0.3) is 16.7 Å². The topological polar surface area (TPSA) is 73.4 Å². The molecular weight excluding hydrogens is 460 g/mol. The molecule has 2 aromatic carbocycles. The van der Waals surface area contributed by atoms with E-state index in [9.17, 15) is 4.79 Å². The maximum Gasteiger partial charge on any atom is 0.374 e. The van der Waals surface area contributed by atoms with Crippen molar-refractivity contribution in [1.29, 1.82) is 0 Å². The number of thioether (sulfide) groups is 1. The minimum absolute atomic E-state index is 0.0346. The van der Waals surface area contributed by atoms with E-state index in [2.05, 4.69) is 22.0 Å². The fraction of sp³-hybridized carbons (Fsp3) is 0.292. The predicted molar refractivity (Wildman–Crippen MR) is 130 cm³/mol. The van der Waals surface area contributed by atoms with Gasteiger partial charge in [-0.25, -0.2) is 4.79 Å². The second-order valence-corrected chi connectivity index (χ2v) is 9.09. The van der Waals surface area contributed by atoms with Crippen molar-refractivity contribution in [1.82, 2.24) is 19.7 Å². The lowest BCUT2D eigenvalue weighted by Crippen LogP contribution is -2.20. The molecule has 0 aliphatic carbocycles. The van der Waals surface area contributed by atoms with Gasteiger partial charge in [0.1, 0.15) is 5.58 Å². The van der Waals surface area contributed by atoms with Gasteiger partial charge in [0.2, 0.25) is 5.76 Å². The molecule has 2 aromatic heterocycles. The smallest absolute Gasteiger partial charge is 0.374 e. The third-order valence-corrected chi connectivity index (χ3v) is 6.60. The summed E-state index contributed by atoms with van der Waals surface area (Å²) in [6, 6.07) is 15.2. The molecule has 4 aromatic rings. The molecule has 0 spiro atoms. The molecule has 0 aliphatic heterocycles. The van der Waals surface area contributed by atoms with Crippen molar-refractivity contribution in [2.45, 2.75) is 30.8 Å². The van der Waals surface area contributed by atoms with Crippen molar-refractivity contribution in [3.8, 4) is 5.69 Å². The summed E-state index contributed by atoms with van der Waals surface area (Å²) in [6.45, 7) is 4.13. The maximum atomic E-state index is 12.6. The Morgan fingerprint density at radius 2 is 1.91 bits per heavy atom. The van der Waals surface area contributed by atoms with Crippen LogP contribution in [0.2, 0.25) is 5.02 Å². The summed E-state index contributed by atoms with van der Waals surface area (Å²) in [5.74, 6) is 1.04. The van der Waals surface area contributed by atoms with E-state index in [1.165, 1.54) is 11.8 Å². The number of nitrogens with zero attached hydrogens (tertiary/aromatic N) is 4. The molecule has 172 valence electrons. The highest BCUT2D eigenvalue weighted by molar-refractivity contribution is 7.98. The zero-order valence-electron chi connectivity index (χ0n) is 18.9. The Kier molecular flexibility index (Phi) is 7.07. The van der Waals surface area contributed by atoms with Crippen LogP contribution in [-0.4, -0.2) is 46.3 Å². The molecule has 0 N–H and O–H groups in total. The van der Waals surface area contributed by atoms with E-state index in [0.29, 0.717) is 21.5 Å². The quantitative estimate of drug-likeness (QED) is 0.232. The van der Waals surface area contributed by atoms with E-state index in [4.69, 9.17) is 20.8 Å². The third-order valence-electron chi connectivity index (χ3n) is 5.40. The molecule has 7 nitrogen and oxygen atoms in total. The number of carbonyl (C=O) groups excluding carboxylic acids is 1. The van der Waals surface area contributed by atoms with Gasteiger partial charge in [-0.15, -0.1) is 10.2 Å². The summed E-state index contributed by atoms with van der Waals surface area (Å²) in [5.41, 5.74) is 2.34. The zero-order valence-corrected chi connectivity index (χ0v) is 20.5. The van der Waals surface area contributed by atoms with Gasteiger partial charge in [0, 0.05) is 27.4 Å². The number of benzene rings is 2. The van der Waals surface area contributed by atoms with E-state index in [1.807, 2.05) is 67.2 Å². The van der Waals surface area contributed by atoms with Gasteiger partial charge in [0.25, 0.3) is 0 Å². The van der Waals surface area contributed by atoms with Crippen LogP contribution in [0.5, 0.6) is 0 Å². The second kappa shape index (κ2) is 9.99. The second-order valence-electron chi connectivity index (χ2n) is 7.71. The van der Waals surface area contributed by atoms with Crippen molar-refractivity contribution in [2.75, 3.05) is 20.7 Å². The Morgan fingerprint density at radius 3 is 2.61 bits per heavy atom. The average molecular weight is 485 g/mol. The number of ether oxygens (including phenoxy) is 1. The van der Waals surface area contributed by atoms with Gasteiger partial charge in [-0.2, -0.15) is 0 Å². The number of fused-ring (bicyclic) bond motifs is 1. The third kappa shape index (κ3) is 4.78. The van der Waals surface area contributed by atoms with Crippen molar-refractivity contribution >= 4 is 40.3 Å². The van der Waals surface area contributed by atoms with E-state index in [0.717, 1.165) is 22.5 Å². The van der Waals surface area contributed by atoms with Crippen molar-refractivity contribution in [2.24, 2.45) is 0 Å². The summed E-state index contributed by atoms with van der Waals surface area (Å²) >= 11 is 7.60. The molecule has 0 amide bonds. The van der Waals surface area contributed by atoms with Crippen LogP contribution in [0.4, 0.5) is 0 Å². The van der Waals surface area contributed by atoms with Gasteiger partial charge >= 0.3 is 5.97 Å². The van der Waals surface area contributed by atoms with Gasteiger partial charge in [-0.1, -0.05) is 41.6 Å². The average Bonchev–Trinajstić information content (AvgIpc) is 3.39. The normalized spacial score (nSPS) is 12.4. The lowest BCUT2D eigenvalue weighted by Gasteiger charge is -2.20. The van der Waals surface area contributed by atoms with Crippen LogP contribution < -0.4 is 0 Å².